The number of hydrogen-bond acceptors (Lipinski definition) is 5. The molecular formula is C14H29AlO5. The molecular weight excluding hydrogens is 275 g/mol. The van der Waals surface area contributed by atoms with Gasteiger partial charge in [-0.25, -0.2) is 0 Å². The Balaban J connectivity index is -0.0000000512. The van der Waals surface area contributed by atoms with Crippen LogP contribution in [0, 0.1) is 0 Å². The second kappa shape index (κ2) is 23.8. The van der Waals surface area contributed by atoms with Crippen molar-refractivity contribution < 1.29 is 24.9 Å². The number of carbonyl (C=O) groups is 2. The van der Waals surface area contributed by atoms with E-state index in [4.69, 9.17) is 0 Å². The van der Waals surface area contributed by atoms with Crippen LogP contribution in [0.1, 0.15) is 61.8 Å². The van der Waals surface area contributed by atoms with E-state index in [1.165, 1.54) is 13.8 Å². The Labute approximate surface area is 134 Å². The van der Waals surface area contributed by atoms with Gasteiger partial charge in [0.2, 0.25) is 0 Å². The predicted molar refractivity (Wildman–Crippen MR) is 77.1 cm³/mol. The van der Waals surface area contributed by atoms with Gasteiger partial charge in [-0.05, 0) is 13.8 Å². The predicted octanol–water partition coefficient (Wildman–Crippen LogP) is -0.561. The van der Waals surface area contributed by atoms with Crippen molar-refractivity contribution in [3.8, 4) is 0 Å². The van der Waals surface area contributed by atoms with E-state index < -0.39 is 18.3 Å². The van der Waals surface area contributed by atoms with Gasteiger partial charge >= 0.3 is 17.4 Å². The molecule has 20 heavy (non-hydrogen) atoms. The Bertz CT molecular complexity index is 169. The van der Waals surface area contributed by atoms with Crippen LogP contribution in [0.15, 0.2) is 0 Å². The van der Waals surface area contributed by atoms with Gasteiger partial charge in [0.25, 0.3) is 0 Å². The Kier molecular flexibility index (Phi) is 38.0. The Hall–Kier alpha value is -0.248. The quantitative estimate of drug-likeness (QED) is 0.502. The van der Waals surface area contributed by atoms with Crippen LogP contribution < -0.4 is 15.3 Å². The molecule has 0 radical (unpaired) electrons. The Morgan fingerprint density at radius 1 is 0.700 bits per heavy atom. The van der Waals surface area contributed by atoms with Crippen LogP contribution in [0.3, 0.4) is 0 Å². The second-order valence-electron chi connectivity index (χ2n) is 4.73. The smallest absolute Gasteiger partial charge is 0.852 e. The van der Waals surface area contributed by atoms with Crippen molar-refractivity contribution in [2.24, 2.45) is 0 Å². The summed E-state index contributed by atoms with van der Waals surface area (Å²) in [6, 6.07) is 0. The molecule has 0 saturated heterocycles. The van der Waals surface area contributed by atoms with Crippen LogP contribution in [0.4, 0.5) is 0 Å². The van der Waals surface area contributed by atoms with Crippen molar-refractivity contribution in [2.75, 3.05) is 0 Å². The van der Waals surface area contributed by atoms with E-state index in [9.17, 15) is 24.9 Å². The average Bonchev–Trinajstić information content (AvgIpc) is 1.95. The van der Waals surface area contributed by atoms with Gasteiger partial charge in [0.05, 0.1) is 6.42 Å². The van der Waals surface area contributed by atoms with E-state index in [-0.39, 0.29) is 35.3 Å². The summed E-state index contributed by atoms with van der Waals surface area (Å²) in [6.07, 6.45) is -1.17. The number of ketones is 2. The molecule has 0 unspecified atom stereocenters. The fourth-order valence-corrected chi connectivity index (χ4v) is 0.351. The van der Waals surface area contributed by atoms with Crippen molar-refractivity contribution in [1.82, 2.24) is 0 Å². The SMILES string of the molecule is CC(=O)CC(C)=O.CC(C)[O-].CC(C)[O-].CC(C)[O-].[Al+3]. The van der Waals surface area contributed by atoms with Crippen molar-refractivity contribution >= 4 is 28.9 Å². The minimum Gasteiger partial charge on any atom is -0.852 e. The molecule has 0 saturated carbocycles. The van der Waals surface area contributed by atoms with Gasteiger partial charge in [-0.2, -0.15) is 0 Å². The largest absolute Gasteiger partial charge is 3.00 e. The molecule has 0 aliphatic heterocycles. The first-order chi connectivity index (χ1) is 8.32. The molecule has 5 nitrogen and oxygen atoms in total. The minimum atomic E-state index is -0.417. The Morgan fingerprint density at radius 2 is 0.800 bits per heavy atom. The van der Waals surface area contributed by atoms with Crippen LogP contribution in [-0.4, -0.2) is 47.2 Å². The first kappa shape index (κ1) is 31.9. The van der Waals surface area contributed by atoms with E-state index in [0.717, 1.165) is 0 Å². The molecule has 0 N–H and O–H groups in total. The molecule has 0 aliphatic carbocycles. The van der Waals surface area contributed by atoms with E-state index in [1.807, 2.05) is 0 Å². The first-order valence-corrected chi connectivity index (χ1v) is 6.29. The zero-order chi connectivity index (χ0) is 16.6. The molecule has 0 bridgehead atoms. The standard InChI is InChI=1S/C5H8O2.3C3H7O.Al/c1-4(6)3-5(2)7;3*1-3(2)4;/h3H2,1-2H3;3*3H,1-2H3;/q;3*-1;+3. The molecule has 0 amide bonds. The normalized spacial score (nSPS) is 8.30. The first-order valence-electron chi connectivity index (χ1n) is 6.29. The Morgan fingerprint density at radius 3 is 0.800 bits per heavy atom. The summed E-state index contributed by atoms with van der Waals surface area (Å²) < 4.78 is 0. The fourth-order valence-electron chi connectivity index (χ4n) is 0.351. The molecule has 0 aromatic heterocycles. The molecule has 0 aromatic carbocycles. The molecule has 0 heterocycles. The summed E-state index contributed by atoms with van der Waals surface area (Å²) in [5.74, 6) is -0.125. The summed E-state index contributed by atoms with van der Waals surface area (Å²) >= 11 is 0. The van der Waals surface area contributed by atoms with Crippen LogP contribution >= 0.6 is 0 Å². The number of Topliss-reactive ketones (excluding diaryl/α,β-unsaturated/α-hetero) is 2. The van der Waals surface area contributed by atoms with Gasteiger partial charge in [0.1, 0.15) is 11.6 Å². The maximum absolute atomic E-state index is 10.0. The van der Waals surface area contributed by atoms with Crippen LogP contribution in [-0.2, 0) is 9.59 Å². The zero-order valence-electron chi connectivity index (χ0n) is 14.1. The van der Waals surface area contributed by atoms with E-state index in [2.05, 4.69) is 0 Å². The second-order valence-corrected chi connectivity index (χ2v) is 4.73. The molecule has 118 valence electrons. The maximum atomic E-state index is 10.0. The summed E-state index contributed by atoms with van der Waals surface area (Å²) in [6.45, 7) is 12.5. The number of carbonyl (C=O) groups excluding carboxylic acids is 2. The van der Waals surface area contributed by atoms with Gasteiger partial charge in [-0.1, -0.05) is 41.5 Å². The van der Waals surface area contributed by atoms with Crippen LogP contribution in [0.5, 0.6) is 0 Å². The topological polar surface area (TPSA) is 103 Å². The third-order valence-corrected chi connectivity index (χ3v) is 0.498. The van der Waals surface area contributed by atoms with Crippen molar-refractivity contribution in [2.45, 2.75) is 80.1 Å². The van der Waals surface area contributed by atoms with Gasteiger partial charge in [0.15, 0.2) is 0 Å². The third kappa shape index (κ3) is 354. The molecule has 6 heteroatoms. The summed E-state index contributed by atoms with van der Waals surface area (Å²) in [5, 5.41) is 28.6. The van der Waals surface area contributed by atoms with E-state index in [0.29, 0.717) is 0 Å². The summed E-state index contributed by atoms with van der Waals surface area (Å²) in [5.41, 5.74) is 0. The van der Waals surface area contributed by atoms with Gasteiger partial charge in [-0.15, -0.1) is 18.3 Å². The third-order valence-electron chi connectivity index (χ3n) is 0.498. The van der Waals surface area contributed by atoms with Crippen LogP contribution in [0.25, 0.3) is 0 Å². The molecule has 0 fully saturated rings. The number of hydrogen-bond donors (Lipinski definition) is 0. The number of rotatable bonds is 2. The van der Waals surface area contributed by atoms with Gasteiger partial charge in [0, 0.05) is 0 Å². The van der Waals surface area contributed by atoms with Crippen molar-refractivity contribution in [3.05, 3.63) is 0 Å². The fraction of sp³-hybridized carbons (Fsp3) is 0.857. The summed E-state index contributed by atoms with van der Waals surface area (Å²) in [7, 11) is 0. The van der Waals surface area contributed by atoms with Gasteiger partial charge in [-0.3, -0.25) is 9.59 Å². The summed E-state index contributed by atoms with van der Waals surface area (Å²) in [4.78, 5) is 20.1. The van der Waals surface area contributed by atoms with Crippen molar-refractivity contribution in [3.63, 3.8) is 0 Å². The molecule has 0 atom stereocenters. The average molecular weight is 304 g/mol. The molecule has 0 aromatic rings. The van der Waals surface area contributed by atoms with Crippen LogP contribution in [0.2, 0.25) is 0 Å². The van der Waals surface area contributed by atoms with E-state index >= 15 is 0 Å². The van der Waals surface area contributed by atoms with Gasteiger partial charge < -0.3 is 15.3 Å². The van der Waals surface area contributed by atoms with E-state index in [1.54, 1.807) is 41.5 Å². The van der Waals surface area contributed by atoms with Crippen molar-refractivity contribution in [1.29, 1.82) is 0 Å². The molecule has 0 rings (SSSR count). The maximum Gasteiger partial charge on any atom is 3.00 e. The zero-order valence-corrected chi connectivity index (χ0v) is 15.2. The monoisotopic (exact) mass is 304 g/mol. The minimum absolute atomic E-state index is 0. The molecule has 0 spiro atoms. The molecule has 0 aliphatic rings.